The van der Waals surface area contributed by atoms with Crippen LogP contribution in [-0.4, -0.2) is 34.5 Å². The van der Waals surface area contributed by atoms with Crippen LogP contribution in [0, 0.1) is 0 Å². The monoisotopic (exact) mass is 384 g/mol. The lowest BCUT2D eigenvalue weighted by Gasteiger charge is -2.09. The molecule has 1 aromatic carbocycles. The first-order valence-corrected chi connectivity index (χ1v) is 7.53. The minimum atomic E-state index is -0.795. The van der Waals surface area contributed by atoms with E-state index in [0.717, 1.165) is 5.56 Å². The summed E-state index contributed by atoms with van der Waals surface area (Å²) in [6.07, 6.45) is 0. The van der Waals surface area contributed by atoms with Crippen molar-refractivity contribution < 1.29 is 14.3 Å². The van der Waals surface area contributed by atoms with Crippen LogP contribution < -0.4 is 20.9 Å². The number of rotatable bonds is 6. The molecule has 23 heavy (non-hydrogen) atoms. The van der Waals surface area contributed by atoms with Crippen molar-refractivity contribution in [2.45, 2.75) is 19.5 Å². The van der Waals surface area contributed by atoms with Gasteiger partial charge >= 0.3 is 5.69 Å². The quantitative estimate of drug-likeness (QED) is 0.797. The van der Waals surface area contributed by atoms with Crippen molar-refractivity contribution in [2.75, 3.05) is 14.2 Å². The zero-order valence-electron chi connectivity index (χ0n) is 12.9. The van der Waals surface area contributed by atoms with E-state index in [1.807, 2.05) is 0 Å². The van der Waals surface area contributed by atoms with Gasteiger partial charge in [-0.3, -0.25) is 9.36 Å². The van der Waals surface area contributed by atoms with Crippen LogP contribution in [0.25, 0.3) is 0 Å². The lowest BCUT2D eigenvalue weighted by molar-refractivity contribution is -0.120. The molecule has 0 aliphatic rings. The second kappa shape index (κ2) is 6.86. The number of hydrogen-bond acceptors (Lipinski definition) is 5. The standard InChI is InChI=1S/C14H17BrN4O4/c1-8(12(16)20)19-13(15)17-18(14(19)21)7-9-4-5-10(22-2)11(6-9)23-3/h4-6,8H,7H2,1-3H3,(H2,16,20)/t8-/m1/s1. The summed E-state index contributed by atoms with van der Waals surface area (Å²) in [4.78, 5) is 23.7. The molecule has 0 spiro atoms. The van der Waals surface area contributed by atoms with Crippen molar-refractivity contribution in [1.29, 1.82) is 0 Å². The van der Waals surface area contributed by atoms with Gasteiger partial charge in [-0.05, 0) is 40.5 Å². The lowest BCUT2D eigenvalue weighted by atomic mass is 10.2. The Morgan fingerprint density at radius 1 is 1.35 bits per heavy atom. The van der Waals surface area contributed by atoms with Gasteiger partial charge in [0.25, 0.3) is 0 Å². The fourth-order valence-corrected chi connectivity index (χ4v) is 2.75. The molecule has 1 aromatic heterocycles. The maximum absolute atomic E-state index is 12.4. The van der Waals surface area contributed by atoms with E-state index in [9.17, 15) is 9.59 Å². The number of primary amides is 1. The predicted octanol–water partition coefficient (Wildman–Crippen LogP) is 0.919. The summed E-state index contributed by atoms with van der Waals surface area (Å²) in [5, 5.41) is 4.11. The molecule has 0 saturated carbocycles. The Balaban J connectivity index is 2.37. The van der Waals surface area contributed by atoms with Crippen LogP contribution >= 0.6 is 15.9 Å². The molecule has 0 unspecified atom stereocenters. The number of amides is 1. The molecular weight excluding hydrogens is 368 g/mol. The third-order valence-electron chi connectivity index (χ3n) is 3.41. The van der Waals surface area contributed by atoms with Crippen molar-refractivity contribution in [3.63, 3.8) is 0 Å². The Labute approximate surface area is 140 Å². The highest BCUT2D eigenvalue weighted by Gasteiger charge is 2.20. The molecule has 2 rings (SSSR count). The molecule has 8 nitrogen and oxygen atoms in total. The first kappa shape index (κ1) is 17.1. The molecule has 0 radical (unpaired) electrons. The summed E-state index contributed by atoms with van der Waals surface area (Å²) in [5.74, 6) is 0.540. The molecule has 0 fully saturated rings. The number of ether oxygens (including phenoxy) is 2. The van der Waals surface area contributed by atoms with E-state index < -0.39 is 17.6 Å². The summed E-state index contributed by atoms with van der Waals surface area (Å²) < 4.78 is 13.1. The number of carbonyl (C=O) groups excluding carboxylic acids is 1. The molecule has 2 aromatic rings. The second-order valence-electron chi connectivity index (χ2n) is 4.85. The minimum Gasteiger partial charge on any atom is -0.493 e. The van der Waals surface area contributed by atoms with E-state index in [0.29, 0.717) is 11.5 Å². The van der Waals surface area contributed by atoms with E-state index >= 15 is 0 Å². The smallest absolute Gasteiger partial charge is 0.347 e. The SMILES string of the molecule is COc1ccc(Cn2nc(Br)n([C@H](C)C(N)=O)c2=O)cc1OC. The molecule has 0 aliphatic heterocycles. The van der Waals surface area contributed by atoms with Crippen LogP contribution in [0.2, 0.25) is 0 Å². The maximum atomic E-state index is 12.4. The van der Waals surface area contributed by atoms with E-state index in [2.05, 4.69) is 21.0 Å². The van der Waals surface area contributed by atoms with Crippen LogP contribution in [-0.2, 0) is 11.3 Å². The molecule has 0 saturated heterocycles. The molecule has 1 atom stereocenters. The van der Waals surface area contributed by atoms with E-state index in [-0.39, 0.29) is 11.3 Å². The van der Waals surface area contributed by atoms with Crippen LogP contribution in [0.1, 0.15) is 18.5 Å². The van der Waals surface area contributed by atoms with Crippen LogP contribution in [0.4, 0.5) is 0 Å². The van der Waals surface area contributed by atoms with Crippen molar-refractivity contribution in [3.05, 3.63) is 39.0 Å². The fraction of sp³-hybridized carbons (Fsp3) is 0.357. The molecule has 1 heterocycles. The van der Waals surface area contributed by atoms with Crippen LogP contribution in [0.3, 0.4) is 0 Å². The third kappa shape index (κ3) is 3.39. The molecule has 9 heteroatoms. The van der Waals surface area contributed by atoms with Gasteiger partial charge in [0.05, 0.1) is 20.8 Å². The molecule has 0 aliphatic carbocycles. The summed E-state index contributed by atoms with van der Waals surface area (Å²) in [7, 11) is 3.08. The number of halogens is 1. The summed E-state index contributed by atoms with van der Waals surface area (Å²) in [6, 6.07) is 4.52. The average Bonchev–Trinajstić information content (AvgIpc) is 2.80. The van der Waals surface area contributed by atoms with Gasteiger partial charge in [0.2, 0.25) is 10.6 Å². The number of nitrogens with two attached hydrogens (primary N) is 1. The minimum absolute atomic E-state index is 0.219. The normalized spacial score (nSPS) is 12.0. The molecule has 0 bridgehead atoms. The Hall–Kier alpha value is -2.29. The molecule has 1 amide bonds. The van der Waals surface area contributed by atoms with E-state index in [1.165, 1.54) is 23.3 Å². The Bertz CT molecular complexity index is 784. The van der Waals surface area contributed by atoms with Crippen molar-refractivity contribution >= 4 is 21.8 Å². The van der Waals surface area contributed by atoms with Gasteiger partial charge in [0, 0.05) is 0 Å². The summed E-state index contributed by atoms with van der Waals surface area (Å²) in [6.45, 7) is 1.76. The average molecular weight is 385 g/mol. The highest BCUT2D eigenvalue weighted by Crippen LogP contribution is 2.27. The number of aromatic nitrogens is 3. The maximum Gasteiger partial charge on any atom is 0.347 e. The van der Waals surface area contributed by atoms with Crippen LogP contribution in [0.5, 0.6) is 11.5 Å². The van der Waals surface area contributed by atoms with Gasteiger partial charge in [-0.2, -0.15) is 0 Å². The molecular formula is C14H17BrN4O4. The lowest BCUT2D eigenvalue weighted by Crippen LogP contribution is -2.33. The van der Waals surface area contributed by atoms with Gasteiger partial charge in [-0.25, -0.2) is 9.48 Å². The van der Waals surface area contributed by atoms with Gasteiger partial charge in [-0.1, -0.05) is 6.07 Å². The first-order valence-electron chi connectivity index (χ1n) is 6.74. The third-order valence-corrected chi connectivity index (χ3v) is 3.95. The summed E-state index contributed by atoms with van der Waals surface area (Å²) >= 11 is 3.18. The van der Waals surface area contributed by atoms with Crippen LogP contribution in [0.15, 0.2) is 27.7 Å². The highest BCUT2D eigenvalue weighted by molar-refractivity contribution is 9.10. The van der Waals surface area contributed by atoms with Gasteiger partial charge in [-0.15, -0.1) is 5.10 Å². The highest BCUT2D eigenvalue weighted by atomic mass is 79.9. The fourth-order valence-electron chi connectivity index (χ4n) is 2.10. The van der Waals surface area contributed by atoms with E-state index in [1.54, 1.807) is 25.3 Å². The van der Waals surface area contributed by atoms with Gasteiger partial charge < -0.3 is 15.2 Å². The van der Waals surface area contributed by atoms with Crippen molar-refractivity contribution in [3.8, 4) is 11.5 Å². The second-order valence-corrected chi connectivity index (χ2v) is 5.56. The Morgan fingerprint density at radius 2 is 2.00 bits per heavy atom. The molecule has 2 N–H and O–H groups in total. The van der Waals surface area contributed by atoms with Crippen molar-refractivity contribution in [2.24, 2.45) is 5.73 Å². The Kier molecular flexibility index (Phi) is 5.09. The van der Waals surface area contributed by atoms with Crippen molar-refractivity contribution in [1.82, 2.24) is 14.3 Å². The first-order chi connectivity index (χ1) is 10.9. The number of hydrogen-bond donors (Lipinski definition) is 1. The van der Waals surface area contributed by atoms with Gasteiger partial charge in [0.15, 0.2) is 11.5 Å². The predicted molar refractivity (Wildman–Crippen MR) is 86.7 cm³/mol. The Morgan fingerprint density at radius 3 is 2.57 bits per heavy atom. The topological polar surface area (TPSA) is 101 Å². The summed E-state index contributed by atoms with van der Waals surface area (Å²) in [5.41, 5.74) is 5.62. The molecule has 124 valence electrons. The number of benzene rings is 1. The largest absolute Gasteiger partial charge is 0.493 e. The zero-order chi connectivity index (χ0) is 17.1. The number of nitrogens with zero attached hydrogens (tertiary/aromatic N) is 3. The zero-order valence-corrected chi connectivity index (χ0v) is 14.5. The number of carbonyl (C=O) groups is 1. The van der Waals surface area contributed by atoms with Gasteiger partial charge in [0.1, 0.15) is 6.04 Å². The van der Waals surface area contributed by atoms with E-state index in [4.69, 9.17) is 15.2 Å². The number of methoxy groups -OCH3 is 2.